The molecule has 19 heavy (non-hydrogen) atoms. The van der Waals surface area contributed by atoms with Gasteiger partial charge in [-0.15, -0.1) is 0 Å². The number of aromatic carboxylic acids is 1. The molecule has 0 amide bonds. The molecule has 1 aromatic carbocycles. The second kappa shape index (κ2) is 5.05. The summed E-state index contributed by atoms with van der Waals surface area (Å²) in [6, 6.07) is 5.28. The molecule has 0 bridgehead atoms. The Morgan fingerprint density at radius 3 is 2.74 bits per heavy atom. The van der Waals surface area contributed by atoms with Gasteiger partial charge in [-0.2, -0.15) is 0 Å². The van der Waals surface area contributed by atoms with Crippen LogP contribution in [-0.2, 0) is 0 Å². The van der Waals surface area contributed by atoms with Crippen molar-refractivity contribution in [2.75, 3.05) is 7.11 Å². The summed E-state index contributed by atoms with van der Waals surface area (Å²) in [5.41, 5.74) is 0.0770. The van der Waals surface area contributed by atoms with Crippen LogP contribution < -0.4 is 4.74 Å². The van der Waals surface area contributed by atoms with Crippen LogP contribution in [0.5, 0.6) is 5.75 Å². The molecule has 0 aliphatic heterocycles. The first-order chi connectivity index (χ1) is 9.04. The number of methoxy groups -OCH3 is 1. The lowest BCUT2D eigenvalue weighted by Crippen LogP contribution is -1.95. The Labute approximate surface area is 106 Å². The van der Waals surface area contributed by atoms with Crippen LogP contribution in [0, 0.1) is 0 Å². The summed E-state index contributed by atoms with van der Waals surface area (Å²) in [5, 5.41) is 12.3. The lowest BCUT2D eigenvalue weighted by atomic mass is 10.1. The molecule has 0 fully saturated rings. The van der Waals surface area contributed by atoms with Crippen molar-refractivity contribution in [2.24, 2.45) is 0 Å². The quantitative estimate of drug-likeness (QED) is 0.923. The Bertz CT molecular complexity index is 610. The van der Waals surface area contributed by atoms with E-state index >= 15 is 0 Å². The maximum absolute atomic E-state index is 12.8. The minimum Gasteiger partial charge on any atom is -0.496 e. The molecular weight excluding hydrogens is 260 g/mol. The summed E-state index contributed by atoms with van der Waals surface area (Å²) in [4.78, 5) is 10.7. The van der Waals surface area contributed by atoms with Gasteiger partial charge in [0.15, 0.2) is 0 Å². The van der Waals surface area contributed by atoms with Crippen LogP contribution in [0.25, 0.3) is 11.3 Å². The van der Waals surface area contributed by atoms with Crippen LogP contribution in [0.15, 0.2) is 28.8 Å². The Balaban J connectivity index is 2.54. The van der Waals surface area contributed by atoms with E-state index in [0.29, 0.717) is 0 Å². The molecule has 2 rings (SSSR count). The summed E-state index contributed by atoms with van der Waals surface area (Å²) in [7, 11) is 1.25. The Morgan fingerprint density at radius 2 is 2.21 bits per heavy atom. The molecular formula is C12H9F2NO4. The van der Waals surface area contributed by atoms with Gasteiger partial charge in [0.05, 0.1) is 12.7 Å². The number of hydrogen-bond donors (Lipinski definition) is 1. The van der Waals surface area contributed by atoms with Gasteiger partial charge in [0, 0.05) is 11.6 Å². The highest BCUT2D eigenvalue weighted by Gasteiger charge is 2.21. The molecule has 7 heteroatoms. The number of ether oxygens (including phenoxy) is 1. The number of benzene rings is 1. The topological polar surface area (TPSA) is 72.6 Å². The van der Waals surface area contributed by atoms with Crippen LogP contribution in [0.1, 0.15) is 22.5 Å². The first-order valence-corrected chi connectivity index (χ1v) is 5.20. The van der Waals surface area contributed by atoms with Crippen molar-refractivity contribution in [3.63, 3.8) is 0 Å². The van der Waals surface area contributed by atoms with Gasteiger partial charge in [-0.1, -0.05) is 11.2 Å². The van der Waals surface area contributed by atoms with Crippen LogP contribution >= 0.6 is 0 Å². The molecule has 100 valence electrons. The Hall–Kier alpha value is -2.44. The molecule has 0 aliphatic carbocycles. The first kappa shape index (κ1) is 13.0. The van der Waals surface area contributed by atoms with Crippen molar-refractivity contribution in [3.05, 3.63) is 35.6 Å². The van der Waals surface area contributed by atoms with E-state index in [1.165, 1.54) is 25.3 Å². The molecule has 1 heterocycles. The minimum absolute atomic E-state index is 0.0530. The highest BCUT2D eigenvalue weighted by molar-refractivity contribution is 5.86. The van der Waals surface area contributed by atoms with E-state index in [0.717, 1.165) is 6.07 Å². The fraction of sp³-hybridized carbons (Fsp3) is 0.167. The zero-order valence-electron chi connectivity index (χ0n) is 9.76. The minimum atomic E-state index is -2.71. The standard InChI is InChI=1S/C12H9F2NO4/c1-18-10-6(3-2-4-7(10)11(13)14)8-5-9(12(16)17)19-15-8/h2-5,11H,1H3,(H,16,17). The van der Waals surface area contributed by atoms with Crippen molar-refractivity contribution in [1.82, 2.24) is 5.16 Å². The average Bonchev–Trinajstić information content (AvgIpc) is 2.87. The number of para-hydroxylation sites is 1. The number of nitrogens with zero attached hydrogens (tertiary/aromatic N) is 1. The lowest BCUT2D eigenvalue weighted by Gasteiger charge is -2.10. The maximum atomic E-state index is 12.8. The maximum Gasteiger partial charge on any atom is 0.374 e. The highest BCUT2D eigenvalue weighted by atomic mass is 19.3. The van der Waals surface area contributed by atoms with Crippen LogP contribution in [0.3, 0.4) is 0 Å². The van der Waals surface area contributed by atoms with E-state index in [9.17, 15) is 13.6 Å². The largest absolute Gasteiger partial charge is 0.496 e. The predicted molar refractivity (Wildman–Crippen MR) is 60.4 cm³/mol. The molecule has 0 atom stereocenters. The first-order valence-electron chi connectivity index (χ1n) is 5.20. The third kappa shape index (κ3) is 2.40. The van der Waals surface area contributed by atoms with E-state index in [1.807, 2.05) is 0 Å². The summed E-state index contributed by atoms with van der Waals surface area (Å²) >= 11 is 0. The fourth-order valence-corrected chi connectivity index (χ4v) is 1.66. The zero-order chi connectivity index (χ0) is 14.0. The number of hydrogen-bond acceptors (Lipinski definition) is 4. The third-order valence-electron chi connectivity index (χ3n) is 2.48. The summed E-state index contributed by atoms with van der Waals surface area (Å²) in [6.45, 7) is 0. The number of carbonyl (C=O) groups is 1. The van der Waals surface area contributed by atoms with Gasteiger partial charge in [0.2, 0.25) is 5.76 Å². The zero-order valence-corrected chi connectivity index (χ0v) is 9.76. The van der Waals surface area contributed by atoms with Gasteiger partial charge in [-0.05, 0) is 12.1 Å². The summed E-state index contributed by atoms with van der Waals surface area (Å²) in [6.07, 6.45) is -2.71. The number of halogens is 2. The van der Waals surface area contributed by atoms with Crippen molar-refractivity contribution >= 4 is 5.97 Å². The van der Waals surface area contributed by atoms with Crippen molar-refractivity contribution < 1.29 is 27.9 Å². The van der Waals surface area contributed by atoms with Gasteiger partial charge in [0.25, 0.3) is 6.43 Å². The number of rotatable bonds is 4. The summed E-state index contributed by atoms with van der Waals surface area (Å²) < 4.78 is 35.2. The molecule has 0 saturated carbocycles. The van der Waals surface area contributed by atoms with Gasteiger partial charge in [0.1, 0.15) is 11.4 Å². The Morgan fingerprint density at radius 1 is 1.47 bits per heavy atom. The highest BCUT2D eigenvalue weighted by Crippen LogP contribution is 2.37. The smallest absolute Gasteiger partial charge is 0.374 e. The number of alkyl halides is 2. The predicted octanol–water partition coefficient (Wildman–Crippen LogP) is 2.99. The Kier molecular flexibility index (Phi) is 3.46. The monoisotopic (exact) mass is 269 g/mol. The average molecular weight is 269 g/mol. The van der Waals surface area contributed by atoms with E-state index in [4.69, 9.17) is 9.84 Å². The molecule has 0 unspecified atom stereocenters. The van der Waals surface area contributed by atoms with Crippen LogP contribution in [-0.4, -0.2) is 23.3 Å². The second-order valence-electron chi connectivity index (χ2n) is 3.61. The van der Waals surface area contributed by atoms with Gasteiger partial charge in [-0.3, -0.25) is 0 Å². The molecule has 1 N–H and O–H groups in total. The SMILES string of the molecule is COc1c(-c2cc(C(=O)O)on2)cccc1C(F)F. The molecule has 1 aromatic heterocycles. The molecule has 2 aromatic rings. The van der Waals surface area contributed by atoms with E-state index in [1.54, 1.807) is 0 Å². The fourth-order valence-electron chi connectivity index (χ4n) is 1.66. The molecule has 5 nitrogen and oxygen atoms in total. The molecule has 0 aliphatic rings. The molecule has 0 saturated heterocycles. The van der Waals surface area contributed by atoms with Crippen LogP contribution in [0.2, 0.25) is 0 Å². The third-order valence-corrected chi connectivity index (χ3v) is 2.48. The molecule has 0 radical (unpaired) electrons. The molecule has 0 spiro atoms. The van der Waals surface area contributed by atoms with Gasteiger partial charge < -0.3 is 14.4 Å². The van der Waals surface area contributed by atoms with Crippen molar-refractivity contribution in [2.45, 2.75) is 6.43 Å². The van der Waals surface area contributed by atoms with Gasteiger partial charge in [-0.25, -0.2) is 13.6 Å². The van der Waals surface area contributed by atoms with Crippen molar-refractivity contribution in [3.8, 4) is 17.0 Å². The van der Waals surface area contributed by atoms with Gasteiger partial charge >= 0.3 is 5.97 Å². The number of carboxylic acids is 1. The number of carboxylic acid groups (broad SMARTS) is 1. The van der Waals surface area contributed by atoms with Crippen LogP contribution in [0.4, 0.5) is 8.78 Å². The normalized spacial score (nSPS) is 10.7. The summed E-state index contributed by atoms with van der Waals surface area (Å²) in [5.74, 6) is -1.72. The number of aromatic nitrogens is 1. The second-order valence-corrected chi connectivity index (χ2v) is 3.61. The van der Waals surface area contributed by atoms with E-state index in [2.05, 4.69) is 9.68 Å². The van der Waals surface area contributed by atoms with Crippen molar-refractivity contribution in [1.29, 1.82) is 0 Å². The van der Waals surface area contributed by atoms with E-state index in [-0.39, 0.29) is 28.3 Å². The van der Waals surface area contributed by atoms with E-state index < -0.39 is 12.4 Å². The lowest BCUT2D eigenvalue weighted by molar-refractivity contribution is 0.0652.